The third kappa shape index (κ3) is 4.59. The number of likely N-dealkylation sites (tertiary alicyclic amines) is 1. The maximum absolute atomic E-state index is 13.6. The second-order valence-electron chi connectivity index (χ2n) is 8.54. The molecule has 2 aromatic rings. The van der Waals surface area contributed by atoms with Gasteiger partial charge in [0.1, 0.15) is 0 Å². The van der Waals surface area contributed by atoms with Crippen LogP contribution in [-0.2, 0) is 16.0 Å². The predicted molar refractivity (Wildman–Crippen MR) is 123 cm³/mol. The summed E-state index contributed by atoms with van der Waals surface area (Å²) in [5, 5.41) is 0. The first kappa shape index (κ1) is 22.2. The topological polar surface area (TPSA) is 59.1 Å². The van der Waals surface area contributed by atoms with Gasteiger partial charge in [0.05, 0.1) is 26.8 Å². The zero-order chi connectivity index (χ0) is 22.5. The summed E-state index contributed by atoms with van der Waals surface area (Å²) < 4.78 is 11.1. The lowest BCUT2D eigenvalue weighted by molar-refractivity contribution is -0.142. The monoisotopic (exact) mass is 436 g/mol. The largest absolute Gasteiger partial charge is 0.493 e. The molecule has 0 N–H and O–H groups in total. The number of methoxy groups -OCH3 is 2. The molecule has 2 heterocycles. The lowest BCUT2D eigenvalue weighted by atomic mass is 9.87. The molecule has 1 saturated heterocycles. The molecule has 1 fully saturated rings. The second-order valence-corrected chi connectivity index (χ2v) is 8.54. The van der Waals surface area contributed by atoms with E-state index in [4.69, 9.17) is 9.47 Å². The number of fused-ring (bicyclic) bond motifs is 1. The van der Waals surface area contributed by atoms with E-state index >= 15 is 0 Å². The van der Waals surface area contributed by atoms with Gasteiger partial charge in [-0.1, -0.05) is 43.2 Å². The molecule has 2 aliphatic heterocycles. The first-order valence-corrected chi connectivity index (χ1v) is 11.5. The third-order valence-electron chi connectivity index (χ3n) is 6.56. The van der Waals surface area contributed by atoms with E-state index in [0.29, 0.717) is 31.0 Å². The van der Waals surface area contributed by atoms with Crippen LogP contribution in [0, 0.1) is 0 Å². The minimum absolute atomic E-state index is 0.00629. The second kappa shape index (κ2) is 10.1. The minimum Gasteiger partial charge on any atom is -0.493 e. The van der Waals surface area contributed by atoms with Gasteiger partial charge in [-0.05, 0) is 48.1 Å². The zero-order valence-corrected chi connectivity index (χ0v) is 19.0. The number of carbonyl (C=O) groups excluding carboxylic acids is 2. The van der Waals surface area contributed by atoms with Gasteiger partial charge < -0.3 is 19.3 Å². The predicted octanol–water partition coefficient (Wildman–Crippen LogP) is 3.97. The van der Waals surface area contributed by atoms with Gasteiger partial charge in [-0.15, -0.1) is 0 Å². The third-order valence-corrected chi connectivity index (χ3v) is 6.56. The Morgan fingerprint density at radius 1 is 0.938 bits per heavy atom. The smallest absolute Gasteiger partial charge is 0.242 e. The SMILES string of the molecule is COc1cc2c(cc1OC)C(c1ccccc1)N(C(=O)CN1CCCCCCC1=O)CC2. The molecule has 1 unspecified atom stereocenters. The molecule has 2 aliphatic rings. The van der Waals surface area contributed by atoms with E-state index in [0.717, 1.165) is 48.8 Å². The molecular formula is C26H32N2O4. The van der Waals surface area contributed by atoms with Gasteiger partial charge >= 0.3 is 0 Å². The Morgan fingerprint density at radius 3 is 2.41 bits per heavy atom. The number of rotatable bonds is 5. The van der Waals surface area contributed by atoms with Crippen LogP contribution in [-0.4, -0.2) is 55.5 Å². The number of benzene rings is 2. The highest BCUT2D eigenvalue weighted by molar-refractivity contribution is 5.85. The van der Waals surface area contributed by atoms with Crippen LogP contribution in [0.3, 0.4) is 0 Å². The average molecular weight is 437 g/mol. The zero-order valence-electron chi connectivity index (χ0n) is 19.0. The summed E-state index contributed by atoms with van der Waals surface area (Å²) in [5.41, 5.74) is 3.25. The van der Waals surface area contributed by atoms with Crippen LogP contribution < -0.4 is 9.47 Å². The highest BCUT2D eigenvalue weighted by Crippen LogP contribution is 2.41. The molecule has 0 aromatic heterocycles. The molecule has 6 heteroatoms. The quantitative estimate of drug-likeness (QED) is 0.712. The van der Waals surface area contributed by atoms with Crippen LogP contribution in [0.2, 0.25) is 0 Å². The molecule has 0 spiro atoms. The van der Waals surface area contributed by atoms with Gasteiger partial charge in [0.15, 0.2) is 11.5 Å². The lowest BCUT2D eigenvalue weighted by Gasteiger charge is -2.39. The van der Waals surface area contributed by atoms with Crippen molar-refractivity contribution in [1.82, 2.24) is 9.80 Å². The first-order valence-electron chi connectivity index (χ1n) is 11.5. The summed E-state index contributed by atoms with van der Waals surface area (Å²) in [6.07, 6.45) is 5.35. The Balaban J connectivity index is 1.67. The van der Waals surface area contributed by atoms with Crippen molar-refractivity contribution < 1.29 is 19.1 Å². The molecule has 0 radical (unpaired) electrons. The number of hydrogen-bond acceptors (Lipinski definition) is 4. The summed E-state index contributed by atoms with van der Waals surface area (Å²) in [6, 6.07) is 13.9. The molecule has 0 bridgehead atoms. The van der Waals surface area contributed by atoms with Crippen LogP contribution in [0.4, 0.5) is 0 Å². The van der Waals surface area contributed by atoms with Crippen molar-refractivity contribution in [2.75, 3.05) is 33.9 Å². The Hall–Kier alpha value is -3.02. The van der Waals surface area contributed by atoms with E-state index in [1.807, 2.05) is 35.2 Å². The Kier molecular flexibility index (Phi) is 6.98. The van der Waals surface area contributed by atoms with Crippen molar-refractivity contribution in [3.63, 3.8) is 0 Å². The highest BCUT2D eigenvalue weighted by atomic mass is 16.5. The fraction of sp³-hybridized carbons (Fsp3) is 0.462. The van der Waals surface area contributed by atoms with E-state index in [1.54, 1.807) is 19.1 Å². The van der Waals surface area contributed by atoms with E-state index in [2.05, 4.69) is 12.1 Å². The summed E-state index contributed by atoms with van der Waals surface area (Å²) in [4.78, 5) is 29.9. The molecule has 0 saturated carbocycles. The van der Waals surface area contributed by atoms with Gasteiger partial charge in [-0.25, -0.2) is 0 Å². The van der Waals surface area contributed by atoms with Crippen molar-refractivity contribution in [2.24, 2.45) is 0 Å². The van der Waals surface area contributed by atoms with Crippen LogP contribution in [0.25, 0.3) is 0 Å². The van der Waals surface area contributed by atoms with Crippen molar-refractivity contribution >= 4 is 11.8 Å². The number of hydrogen-bond donors (Lipinski definition) is 0. The van der Waals surface area contributed by atoms with E-state index in [9.17, 15) is 9.59 Å². The van der Waals surface area contributed by atoms with Crippen molar-refractivity contribution in [3.05, 3.63) is 59.2 Å². The molecule has 1 atom stereocenters. The maximum atomic E-state index is 13.6. The van der Waals surface area contributed by atoms with Crippen molar-refractivity contribution in [2.45, 2.75) is 44.6 Å². The molecule has 2 aromatic carbocycles. The fourth-order valence-electron chi connectivity index (χ4n) is 4.85. The van der Waals surface area contributed by atoms with Gasteiger partial charge in [0.2, 0.25) is 11.8 Å². The number of amides is 2. The number of nitrogens with zero attached hydrogens (tertiary/aromatic N) is 2. The van der Waals surface area contributed by atoms with E-state index in [-0.39, 0.29) is 24.4 Å². The van der Waals surface area contributed by atoms with Gasteiger partial charge in [0, 0.05) is 19.5 Å². The lowest BCUT2D eigenvalue weighted by Crippen LogP contribution is -2.47. The van der Waals surface area contributed by atoms with Crippen LogP contribution in [0.5, 0.6) is 11.5 Å². The Morgan fingerprint density at radius 2 is 1.66 bits per heavy atom. The first-order chi connectivity index (χ1) is 15.6. The number of carbonyl (C=O) groups is 2. The molecule has 32 heavy (non-hydrogen) atoms. The fourth-order valence-corrected chi connectivity index (χ4v) is 4.85. The van der Waals surface area contributed by atoms with Gasteiger partial charge in [-0.2, -0.15) is 0 Å². The molecule has 4 rings (SSSR count). The number of ether oxygens (including phenoxy) is 2. The highest BCUT2D eigenvalue weighted by Gasteiger charge is 2.34. The van der Waals surface area contributed by atoms with Crippen molar-refractivity contribution in [3.8, 4) is 11.5 Å². The van der Waals surface area contributed by atoms with Crippen LogP contribution in [0.1, 0.15) is 54.8 Å². The van der Waals surface area contributed by atoms with E-state index < -0.39 is 0 Å². The maximum Gasteiger partial charge on any atom is 0.242 e. The molecule has 6 nitrogen and oxygen atoms in total. The summed E-state index contributed by atoms with van der Waals surface area (Å²) in [6.45, 7) is 1.41. The minimum atomic E-state index is -0.225. The molecule has 2 amide bonds. The summed E-state index contributed by atoms with van der Waals surface area (Å²) in [7, 11) is 3.26. The van der Waals surface area contributed by atoms with E-state index in [1.165, 1.54) is 0 Å². The normalized spacial score (nSPS) is 19.1. The summed E-state index contributed by atoms with van der Waals surface area (Å²) in [5.74, 6) is 1.44. The Labute approximate surface area is 190 Å². The molecular weight excluding hydrogens is 404 g/mol. The summed E-state index contributed by atoms with van der Waals surface area (Å²) >= 11 is 0. The van der Waals surface area contributed by atoms with Gasteiger partial charge in [0.25, 0.3) is 0 Å². The molecule has 170 valence electrons. The van der Waals surface area contributed by atoms with Crippen LogP contribution >= 0.6 is 0 Å². The molecule has 0 aliphatic carbocycles. The average Bonchev–Trinajstić information content (AvgIpc) is 2.82. The van der Waals surface area contributed by atoms with Crippen LogP contribution in [0.15, 0.2) is 42.5 Å². The standard InChI is InChI=1S/C26H32N2O4/c1-31-22-16-20-13-15-28(25(30)18-27-14-9-4-3-8-12-24(27)29)26(19-10-6-5-7-11-19)21(20)17-23(22)32-2/h5-7,10-11,16-17,26H,3-4,8-9,12-15,18H2,1-2H3. The Bertz CT molecular complexity index is 960. The van der Waals surface area contributed by atoms with Crippen molar-refractivity contribution in [1.29, 1.82) is 0 Å². The van der Waals surface area contributed by atoms with Gasteiger partial charge in [-0.3, -0.25) is 9.59 Å².